The predicted molar refractivity (Wildman–Crippen MR) is 59.2 cm³/mol. The van der Waals surface area contributed by atoms with Crippen molar-refractivity contribution in [3.8, 4) is 0 Å². The van der Waals surface area contributed by atoms with E-state index in [1.54, 1.807) is 13.8 Å². The number of aliphatic carboxylic acids is 1. The van der Waals surface area contributed by atoms with Crippen molar-refractivity contribution >= 4 is 23.6 Å². The molecule has 17 heavy (non-hydrogen) atoms. The molecule has 0 spiro atoms. The van der Waals surface area contributed by atoms with Gasteiger partial charge in [0.1, 0.15) is 0 Å². The minimum absolute atomic E-state index is 0.141. The average molecular weight is 259 g/mol. The Morgan fingerprint density at radius 3 is 2.71 bits per heavy atom. The summed E-state index contributed by atoms with van der Waals surface area (Å²) in [4.78, 5) is 21.6. The lowest BCUT2D eigenvalue weighted by molar-refractivity contribution is -0.134. The molecular formula is C8H13N5O3S. The van der Waals surface area contributed by atoms with Gasteiger partial charge in [-0.15, -0.1) is 5.10 Å². The van der Waals surface area contributed by atoms with Gasteiger partial charge in [0, 0.05) is 0 Å². The molecule has 1 rings (SSSR count). The normalized spacial score (nSPS) is 11.4. The lowest BCUT2D eigenvalue weighted by Gasteiger charge is -2.19. The second-order valence-corrected chi connectivity index (χ2v) is 4.99. The van der Waals surface area contributed by atoms with Gasteiger partial charge in [0.15, 0.2) is 0 Å². The number of aromatic nitrogens is 4. The van der Waals surface area contributed by atoms with Gasteiger partial charge < -0.3 is 10.8 Å². The third kappa shape index (κ3) is 3.70. The van der Waals surface area contributed by atoms with Crippen molar-refractivity contribution in [3.05, 3.63) is 0 Å². The molecule has 0 atom stereocenters. The van der Waals surface area contributed by atoms with Crippen LogP contribution in [0.5, 0.6) is 0 Å². The number of nitrogens with two attached hydrogens (primary N) is 1. The first-order valence-electron chi connectivity index (χ1n) is 4.73. The molecule has 0 aliphatic carbocycles. The molecule has 0 aromatic carbocycles. The number of amides is 1. The van der Waals surface area contributed by atoms with Gasteiger partial charge >= 0.3 is 5.97 Å². The number of carboxylic acid groups (broad SMARTS) is 1. The van der Waals surface area contributed by atoms with Crippen molar-refractivity contribution in [1.29, 1.82) is 0 Å². The van der Waals surface area contributed by atoms with Crippen LogP contribution < -0.4 is 5.73 Å². The molecule has 9 heteroatoms. The van der Waals surface area contributed by atoms with Gasteiger partial charge in [0.2, 0.25) is 11.1 Å². The molecule has 3 N–H and O–H groups in total. The van der Waals surface area contributed by atoms with Crippen LogP contribution in [0.4, 0.5) is 0 Å². The molecule has 1 aromatic heterocycles. The van der Waals surface area contributed by atoms with Crippen molar-refractivity contribution in [2.45, 2.75) is 25.5 Å². The lowest BCUT2D eigenvalue weighted by atomic mass is 9.93. The topological polar surface area (TPSA) is 124 Å². The maximum absolute atomic E-state index is 11.2. The highest BCUT2D eigenvalue weighted by molar-refractivity contribution is 7.99. The summed E-state index contributed by atoms with van der Waals surface area (Å²) < 4.78 is 1.37. The zero-order chi connectivity index (χ0) is 13.1. The molecule has 1 heterocycles. The minimum atomic E-state index is -0.960. The highest BCUT2D eigenvalue weighted by atomic mass is 32.2. The third-order valence-corrected chi connectivity index (χ3v) is 2.98. The largest absolute Gasteiger partial charge is 0.481 e. The maximum Gasteiger partial charge on any atom is 0.313 e. The number of thioether (sulfide) groups is 1. The Balaban J connectivity index is 2.75. The van der Waals surface area contributed by atoms with Crippen LogP contribution in [-0.4, -0.2) is 42.9 Å². The lowest BCUT2D eigenvalue weighted by Crippen LogP contribution is -2.35. The van der Waals surface area contributed by atoms with E-state index in [1.807, 2.05) is 0 Å². The van der Waals surface area contributed by atoms with E-state index in [0.717, 1.165) is 11.8 Å². The number of tetrazole rings is 1. The fraction of sp³-hybridized carbons (Fsp3) is 0.625. The number of primary amides is 1. The van der Waals surface area contributed by atoms with Gasteiger partial charge in [-0.1, -0.05) is 11.8 Å². The average Bonchev–Trinajstić information content (AvgIpc) is 2.61. The number of rotatable bonds is 6. The monoisotopic (exact) mass is 259 g/mol. The first-order chi connectivity index (χ1) is 7.83. The number of hydrogen-bond donors (Lipinski definition) is 2. The number of nitrogens with zero attached hydrogens (tertiary/aromatic N) is 4. The summed E-state index contributed by atoms with van der Waals surface area (Å²) in [6.45, 7) is 3.54. The minimum Gasteiger partial charge on any atom is -0.481 e. The van der Waals surface area contributed by atoms with Crippen molar-refractivity contribution in [3.63, 3.8) is 0 Å². The van der Waals surface area contributed by atoms with Gasteiger partial charge in [-0.05, 0) is 24.3 Å². The number of carboxylic acids is 1. The third-order valence-electron chi connectivity index (χ3n) is 2.04. The Kier molecular flexibility index (Phi) is 4.05. The molecule has 1 amide bonds. The van der Waals surface area contributed by atoms with Crippen molar-refractivity contribution in [1.82, 2.24) is 20.2 Å². The van der Waals surface area contributed by atoms with E-state index in [0.29, 0.717) is 5.16 Å². The molecule has 0 aliphatic rings. The Morgan fingerprint density at radius 2 is 2.18 bits per heavy atom. The smallest absolute Gasteiger partial charge is 0.313 e. The van der Waals surface area contributed by atoms with Crippen molar-refractivity contribution in [2.75, 3.05) is 5.75 Å². The van der Waals surface area contributed by atoms with Crippen molar-refractivity contribution in [2.24, 2.45) is 11.1 Å². The summed E-state index contributed by atoms with van der Waals surface area (Å²) in [7, 11) is 0. The van der Waals surface area contributed by atoms with E-state index in [9.17, 15) is 9.59 Å². The zero-order valence-corrected chi connectivity index (χ0v) is 10.3. The molecule has 0 aliphatic heterocycles. The summed E-state index contributed by atoms with van der Waals surface area (Å²) >= 11 is 0.989. The van der Waals surface area contributed by atoms with E-state index in [1.165, 1.54) is 4.68 Å². The number of carbonyl (C=O) groups is 2. The van der Waals surface area contributed by atoms with E-state index in [2.05, 4.69) is 15.5 Å². The van der Waals surface area contributed by atoms with Gasteiger partial charge in [-0.3, -0.25) is 9.59 Å². The Bertz CT molecular complexity index is 431. The summed E-state index contributed by atoms with van der Waals surface area (Å²) in [6.07, 6.45) is 0. The second kappa shape index (κ2) is 5.13. The van der Waals surface area contributed by atoms with E-state index in [-0.39, 0.29) is 12.3 Å². The summed E-state index contributed by atoms with van der Waals surface area (Å²) in [5.41, 5.74) is 4.44. The molecule has 94 valence electrons. The highest BCUT2D eigenvalue weighted by Gasteiger charge is 2.27. The molecule has 0 bridgehead atoms. The molecule has 0 radical (unpaired) electrons. The van der Waals surface area contributed by atoms with Crippen LogP contribution in [-0.2, 0) is 16.1 Å². The quantitative estimate of drug-likeness (QED) is 0.651. The molecule has 0 fully saturated rings. The van der Waals surface area contributed by atoms with Crippen LogP contribution in [0, 0.1) is 5.41 Å². The molecule has 0 saturated heterocycles. The van der Waals surface area contributed by atoms with Gasteiger partial charge in [-0.25, -0.2) is 4.68 Å². The van der Waals surface area contributed by atoms with Crippen LogP contribution in [0.1, 0.15) is 13.8 Å². The first-order valence-corrected chi connectivity index (χ1v) is 5.72. The van der Waals surface area contributed by atoms with Crippen LogP contribution in [0.15, 0.2) is 5.16 Å². The standard InChI is InChI=1S/C8H13N5O3S/c1-8(2,6(9)16)4-13-7(10-11-12-13)17-3-5(14)15/h3-4H2,1-2H3,(H2,9,16)(H,14,15). The highest BCUT2D eigenvalue weighted by Crippen LogP contribution is 2.20. The van der Waals surface area contributed by atoms with Gasteiger partial charge in [-0.2, -0.15) is 0 Å². The van der Waals surface area contributed by atoms with Crippen LogP contribution >= 0.6 is 11.8 Å². The number of carbonyl (C=O) groups excluding carboxylic acids is 1. The van der Waals surface area contributed by atoms with Crippen LogP contribution in [0.25, 0.3) is 0 Å². The Hall–Kier alpha value is -1.64. The molecular weight excluding hydrogens is 246 g/mol. The Labute approximate surface area is 102 Å². The molecule has 0 saturated carbocycles. The predicted octanol–water partition coefficient (Wildman–Crippen LogP) is -0.639. The first kappa shape index (κ1) is 13.4. The number of hydrogen-bond acceptors (Lipinski definition) is 6. The Morgan fingerprint density at radius 1 is 1.53 bits per heavy atom. The van der Waals surface area contributed by atoms with E-state index in [4.69, 9.17) is 10.8 Å². The fourth-order valence-electron chi connectivity index (χ4n) is 0.978. The second-order valence-electron chi connectivity index (χ2n) is 4.05. The summed E-state index contributed by atoms with van der Waals surface area (Å²) in [5, 5.41) is 19.7. The van der Waals surface area contributed by atoms with E-state index >= 15 is 0 Å². The van der Waals surface area contributed by atoms with Gasteiger partial charge in [0.25, 0.3) is 0 Å². The fourth-order valence-corrected chi connectivity index (χ4v) is 1.57. The van der Waals surface area contributed by atoms with Gasteiger partial charge in [0.05, 0.1) is 17.7 Å². The summed E-state index contributed by atoms with van der Waals surface area (Å²) in [6, 6.07) is 0. The maximum atomic E-state index is 11.2. The zero-order valence-electron chi connectivity index (χ0n) is 9.45. The molecule has 8 nitrogen and oxygen atoms in total. The summed E-state index contributed by atoms with van der Waals surface area (Å²) in [5.74, 6) is -1.57. The molecule has 0 unspecified atom stereocenters. The molecule has 1 aromatic rings. The van der Waals surface area contributed by atoms with E-state index < -0.39 is 17.3 Å². The van der Waals surface area contributed by atoms with Crippen LogP contribution in [0.2, 0.25) is 0 Å². The van der Waals surface area contributed by atoms with Crippen molar-refractivity contribution < 1.29 is 14.7 Å². The van der Waals surface area contributed by atoms with Crippen LogP contribution in [0.3, 0.4) is 0 Å². The SMILES string of the molecule is CC(C)(Cn1nnnc1SCC(=O)O)C(N)=O.